The number of esters is 1. The Labute approximate surface area is 129 Å². The number of ether oxygens (including phenoxy) is 1. The van der Waals surface area contributed by atoms with Gasteiger partial charge in [0.05, 0.1) is 0 Å². The van der Waals surface area contributed by atoms with Crippen LogP contribution < -0.4 is 0 Å². The predicted molar refractivity (Wildman–Crippen MR) is 85.9 cm³/mol. The Balaban J connectivity index is 2.04. The summed E-state index contributed by atoms with van der Waals surface area (Å²) in [5.41, 5.74) is 1.24. The summed E-state index contributed by atoms with van der Waals surface area (Å²) < 4.78 is 5.10. The maximum Gasteiger partial charge on any atom is 0.336 e. The summed E-state index contributed by atoms with van der Waals surface area (Å²) in [4.78, 5) is 11.4. The number of aliphatic hydroxyl groups is 1. The van der Waals surface area contributed by atoms with Gasteiger partial charge in [-0.15, -0.1) is 0 Å². The first-order valence-corrected chi connectivity index (χ1v) is 8.65. The second kappa shape index (κ2) is 9.24. The smallest absolute Gasteiger partial charge is 0.336 e. The van der Waals surface area contributed by atoms with E-state index >= 15 is 0 Å². The molecule has 21 heavy (non-hydrogen) atoms. The predicted octanol–water partition coefficient (Wildman–Crippen LogP) is 4.88. The summed E-state index contributed by atoms with van der Waals surface area (Å²) >= 11 is 0. The van der Waals surface area contributed by atoms with Gasteiger partial charge in [-0.25, -0.2) is 4.79 Å². The van der Waals surface area contributed by atoms with Crippen LogP contribution in [0.2, 0.25) is 0 Å². The minimum atomic E-state index is -1.33. The highest BCUT2D eigenvalue weighted by Crippen LogP contribution is 2.34. The lowest BCUT2D eigenvalue weighted by atomic mass is 9.98. The van der Waals surface area contributed by atoms with E-state index in [0.717, 1.165) is 12.8 Å². The van der Waals surface area contributed by atoms with Crippen LogP contribution in [0, 0.1) is 0 Å². The summed E-state index contributed by atoms with van der Waals surface area (Å²) in [5, 5.41) is 10.3. The molecule has 3 heteroatoms. The molecule has 0 aromatic rings. The Hall–Kier alpha value is -0.830. The van der Waals surface area contributed by atoms with Gasteiger partial charge in [-0.1, -0.05) is 64.7 Å². The minimum Gasteiger partial charge on any atom is -0.426 e. The highest BCUT2D eigenvalue weighted by Gasteiger charge is 2.41. The van der Waals surface area contributed by atoms with E-state index < -0.39 is 5.79 Å². The molecule has 1 unspecified atom stereocenters. The fraction of sp³-hybridized carbons (Fsp3) is 0.833. The standard InChI is InChI=1S/C18H32O3/c1-4-5-6-7-8-9-10-11-12-13-14-18(20)16(3)15(2)17(19)21-18/h20H,4-14H2,1-3H3. The molecule has 0 fully saturated rings. The Morgan fingerprint density at radius 3 is 1.81 bits per heavy atom. The molecule has 122 valence electrons. The van der Waals surface area contributed by atoms with E-state index in [1.54, 1.807) is 13.8 Å². The molecule has 1 heterocycles. The quantitative estimate of drug-likeness (QED) is 0.436. The van der Waals surface area contributed by atoms with E-state index in [9.17, 15) is 9.90 Å². The van der Waals surface area contributed by atoms with Gasteiger partial charge in [0.15, 0.2) is 0 Å². The van der Waals surface area contributed by atoms with Crippen molar-refractivity contribution in [2.75, 3.05) is 0 Å². The lowest BCUT2D eigenvalue weighted by Crippen LogP contribution is -2.30. The molecule has 0 amide bonds. The molecule has 1 N–H and O–H groups in total. The number of carbonyl (C=O) groups excluding carboxylic acids is 1. The molecular weight excluding hydrogens is 264 g/mol. The fourth-order valence-electron chi connectivity index (χ4n) is 2.84. The maximum atomic E-state index is 11.4. The summed E-state index contributed by atoms with van der Waals surface area (Å²) in [6, 6.07) is 0. The van der Waals surface area contributed by atoms with Crippen molar-refractivity contribution in [2.45, 2.75) is 97.2 Å². The topological polar surface area (TPSA) is 46.5 Å². The van der Waals surface area contributed by atoms with Crippen molar-refractivity contribution in [2.24, 2.45) is 0 Å². The van der Waals surface area contributed by atoms with Gasteiger partial charge < -0.3 is 9.84 Å². The first-order chi connectivity index (χ1) is 10.0. The van der Waals surface area contributed by atoms with Crippen LogP contribution in [0.15, 0.2) is 11.1 Å². The Kier molecular flexibility index (Phi) is 8.02. The number of cyclic esters (lactones) is 1. The van der Waals surface area contributed by atoms with Gasteiger partial charge >= 0.3 is 5.97 Å². The van der Waals surface area contributed by atoms with Crippen molar-refractivity contribution >= 4 is 5.97 Å². The molecule has 0 radical (unpaired) electrons. The zero-order valence-electron chi connectivity index (χ0n) is 14.0. The summed E-state index contributed by atoms with van der Waals surface area (Å²) in [5.74, 6) is -1.71. The molecule has 0 spiro atoms. The third-order valence-corrected chi connectivity index (χ3v) is 4.59. The van der Waals surface area contributed by atoms with Crippen molar-refractivity contribution in [1.82, 2.24) is 0 Å². The van der Waals surface area contributed by atoms with Crippen LogP contribution in [0.3, 0.4) is 0 Å². The Morgan fingerprint density at radius 2 is 1.38 bits per heavy atom. The van der Waals surface area contributed by atoms with Crippen LogP contribution in [0.4, 0.5) is 0 Å². The largest absolute Gasteiger partial charge is 0.426 e. The van der Waals surface area contributed by atoms with E-state index in [4.69, 9.17) is 4.74 Å². The molecule has 1 rings (SSSR count). The molecule has 0 bridgehead atoms. The maximum absolute atomic E-state index is 11.4. The first-order valence-electron chi connectivity index (χ1n) is 8.65. The molecule has 0 aromatic heterocycles. The van der Waals surface area contributed by atoms with Crippen molar-refractivity contribution < 1.29 is 14.6 Å². The second-order valence-corrected chi connectivity index (χ2v) is 6.36. The third kappa shape index (κ3) is 5.82. The van der Waals surface area contributed by atoms with Crippen molar-refractivity contribution in [3.63, 3.8) is 0 Å². The van der Waals surface area contributed by atoms with Gasteiger partial charge in [0.2, 0.25) is 5.79 Å². The summed E-state index contributed by atoms with van der Waals surface area (Å²) in [6.45, 7) is 5.75. The van der Waals surface area contributed by atoms with Crippen molar-refractivity contribution in [3.8, 4) is 0 Å². The van der Waals surface area contributed by atoms with Crippen LogP contribution >= 0.6 is 0 Å². The molecule has 1 aliphatic rings. The van der Waals surface area contributed by atoms with Crippen LogP contribution in [0.1, 0.15) is 91.4 Å². The second-order valence-electron chi connectivity index (χ2n) is 6.36. The van der Waals surface area contributed by atoms with Gasteiger partial charge in [-0.05, 0) is 20.3 Å². The van der Waals surface area contributed by atoms with Gasteiger partial charge in [0.1, 0.15) is 0 Å². The number of unbranched alkanes of at least 4 members (excludes halogenated alkanes) is 9. The first kappa shape index (κ1) is 18.2. The molecule has 0 saturated carbocycles. The average molecular weight is 296 g/mol. The fourth-order valence-corrected chi connectivity index (χ4v) is 2.84. The van der Waals surface area contributed by atoms with E-state index in [1.807, 2.05) is 0 Å². The van der Waals surface area contributed by atoms with E-state index in [1.165, 1.54) is 51.4 Å². The number of carbonyl (C=O) groups is 1. The number of hydrogen-bond acceptors (Lipinski definition) is 3. The van der Waals surface area contributed by atoms with E-state index in [2.05, 4.69) is 6.92 Å². The van der Waals surface area contributed by atoms with Gasteiger partial charge in [-0.2, -0.15) is 0 Å². The van der Waals surface area contributed by atoms with Crippen LogP contribution in [-0.2, 0) is 9.53 Å². The third-order valence-electron chi connectivity index (χ3n) is 4.59. The molecule has 1 aliphatic heterocycles. The highest BCUT2D eigenvalue weighted by atomic mass is 16.7. The van der Waals surface area contributed by atoms with Crippen LogP contribution in [0.25, 0.3) is 0 Å². The summed E-state index contributed by atoms with van der Waals surface area (Å²) in [7, 11) is 0. The van der Waals surface area contributed by atoms with Gasteiger partial charge in [-0.3, -0.25) is 0 Å². The van der Waals surface area contributed by atoms with Gasteiger partial charge in [0, 0.05) is 17.6 Å². The normalized spacial score (nSPS) is 22.0. The zero-order valence-corrected chi connectivity index (χ0v) is 14.0. The molecule has 0 aliphatic carbocycles. The SMILES string of the molecule is CCCCCCCCCCCCC1(O)OC(=O)C(C)=C1C. The van der Waals surface area contributed by atoms with Crippen LogP contribution in [-0.4, -0.2) is 16.9 Å². The van der Waals surface area contributed by atoms with Gasteiger partial charge in [0.25, 0.3) is 0 Å². The van der Waals surface area contributed by atoms with Crippen molar-refractivity contribution in [1.29, 1.82) is 0 Å². The molecule has 3 nitrogen and oxygen atoms in total. The number of rotatable bonds is 11. The molecule has 1 atom stereocenters. The monoisotopic (exact) mass is 296 g/mol. The molecule has 0 saturated heterocycles. The highest BCUT2D eigenvalue weighted by molar-refractivity contribution is 5.91. The summed E-state index contributed by atoms with van der Waals surface area (Å²) in [6.07, 6.45) is 13.1. The lowest BCUT2D eigenvalue weighted by Gasteiger charge is -2.23. The molecule has 0 aromatic carbocycles. The van der Waals surface area contributed by atoms with E-state index in [0.29, 0.717) is 17.6 Å². The number of hydrogen-bond donors (Lipinski definition) is 1. The molecular formula is C18H32O3. The average Bonchev–Trinajstić information content (AvgIpc) is 2.65. The van der Waals surface area contributed by atoms with Crippen molar-refractivity contribution in [3.05, 3.63) is 11.1 Å². The van der Waals surface area contributed by atoms with E-state index in [-0.39, 0.29) is 5.97 Å². The Bertz CT molecular complexity index is 359. The minimum absolute atomic E-state index is 0.373. The Morgan fingerprint density at radius 1 is 0.905 bits per heavy atom. The lowest BCUT2D eigenvalue weighted by molar-refractivity contribution is -0.183. The van der Waals surface area contributed by atoms with Crippen LogP contribution in [0.5, 0.6) is 0 Å². The zero-order chi connectivity index (χ0) is 15.7.